The Morgan fingerprint density at radius 1 is 1.25 bits per heavy atom. The number of hydrogen-bond donors (Lipinski definition) is 0. The smallest absolute Gasteiger partial charge is 0.159 e. The van der Waals surface area contributed by atoms with Crippen LogP contribution in [0.4, 0.5) is 5.82 Å². The minimum atomic E-state index is 0.471. The summed E-state index contributed by atoms with van der Waals surface area (Å²) in [4.78, 5) is 4.62. The molecule has 1 aromatic carbocycles. The summed E-state index contributed by atoms with van der Waals surface area (Å²) < 4.78 is 0. The van der Waals surface area contributed by atoms with E-state index in [0.29, 0.717) is 11.2 Å². The fraction of sp³-hybridized carbons (Fsp3) is 0.467. The number of likely N-dealkylation sites (tertiary alicyclic amines) is 1. The molecule has 5 heteroatoms. The standard InChI is InChI=1S/C15H19ClN4/c1-19-9-5-6-11(10-19)20(2)15-13-8-4-3-7-12(13)14(16)17-18-15/h3-4,7-8,11H,5-6,9-10H2,1-2H3. The van der Waals surface area contributed by atoms with Crippen molar-refractivity contribution in [2.45, 2.75) is 18.9 Å². The Bertz CT molecular complexity index is 616. The molecule has 1 saturated heterocycles. The van der Waals surface area contributed by atoms with Gasteiger partial charge in [-0.1, -0.05) is 35.9 Å². The van der Waals surface area contributed by atoms with Crippen molar-refractivity contribution >= 4 is 28.2 Å². The molecule has 1 unspecified atom stereocenters. The van der Waals surface area contributed by atoms with Gasteiger partial charge in [0, 0.05) is 30.4 Å². The number of rotatable bonds is 2. The molecule has 1 atom stereocenters. The maximum atomic E-state index is 6.14. The van der Waals surface area contributed by atoms with Crippen LogP contribution in [0.25, 0.3) is 10.8 Å². The van der Waals surface area contributed by atoms with Gasteiger partial charge >= 0.3 is 0 Å². The van der Waals surface area contributed by atoms with E-state index in [0.717, 1.165) is 23.1 Å². The Kier molecular flexibility index (Phi) is 3.76. The molecule has 20 heavy (non-hydrogen) atoms. The van der Waals surface area contributed by atoms with Crippen molar-refractivity contribution in [2.24, 2.45) is 0 Å². The van der Waals surface area contributed by atoms with E-state index in [2.05, 4.69) is 40.2 Å². The summed E-state index contributed by atoms with van der Waals surface area (Å²) in [7, 11) is 4.28. The van der Waals surface area contributed by atoms with Crippen LogP contribution in [0.2, 0.25) is 5.15 Å². The molecule has 1 aliphatic rings. The van der Waals surface area contributed by atoms with Crippen molar-refractivity contribution in [3.8, 4) is 0 Å². The summed E-state index contributed by atoms with van der Waals surface area (Å²) in [6.07, 6.45) is 2.42. The lowest BCUT2D eigenvalue weighted by molar-refractivity contribution is 0.247. The summed E-state index contributed by atoms with van der Waals surface area (Å²) in [5.74, 6) is 0.922. The lowest BCUT2D eigenvalue weighted by atomic mass is 10.0. The number of anilines is 1. The second-order valence-corrected chi connectivity index (χ2v) is 5.89. The predicted molar refractivity (Wildman–Crippen MR) is 83.5 cm³/mol. The van der Waals surface area contributed by atoms with Gasteiger partial charge in [-0.25, -0.2) is 0 Å². The minimum absolute atomic E-state index is 0.471. The number of likely N-dealkylation sites (N-methyl/N-ethyl adjacent to an activating group) is 2. The van der Waals surface area contributed by atoms with Crippen LogP contribution in [0, 0.1) is 0 Å². The van der Waals surface area contributed by atoms with Crippen LogP contribution in [-0.4, -0.2) is 48.3 Å². The zero-order chi connectivity index (χ0) is 14.1. The van der Waals surface area contributed by atoms with Gasteiger partial charge in [-0.05, 0) is 26.4 Å². The Labute approximate surface area is 124 Å². The fourth-order valence-electron chi connectivity index (χ4n) is 2.95. The number of piperidine rings is 1. The monoisotopic (exact) mass is 290 g/mol. The molecule has 0 aliphatic carbocycles. The number of fused-ring (bicyclic) bond motifs is 1. The SMILES string of the molecule is CN1CCCC(N(C)c2nnc(Cl)c3ccccc23)C1. The average Bonchev–Trinajstić information content (AvgIpc) is 2.47. The highest BCUT2D eigenvalue weighted by Gasteiger charge is 2.23. The zero-order valence-electron chi connectivity index (χ0n) is 11.9. The molecule has 0 saturated carbocycles. The molecule has 4 nitrogen and oxygen atoms in total. The van der Waals surface area contributed by atoms with Crippen LogP contribution in [-0.2, 0) is 0 Å². The predicted octanol–water partition coefficient (Wildman–Crippen LogP) is 2.81. The van der Waals surface area contributed by atoms with Crippen molar-refractivity contribution in [2.75, 3.05) is 32.1 Å². The summed E-state index contributed by atoms with van der Waals surface area (Å²) in [5, 5.41) is 10.9. The average molecular weight is 291 g/mol. The third-order valence-electron chi connectivity index (χ3n) is 4.10. The molecule has 1 fully saturated rings. The van der Waals surface area contributed by atoms with Crippen LogP contribution in [0.5, 0.6) is 0 Å². The third-order valence-corrected chi connectivity index (χ3v) is 4.38. The molecule has 106 valence electrons. The topological polar surface area (TPSA) is 32.3 Å². The van der Waals surface area contributed by atoms with E-state index in [-0.39, 0.29) is 0 Å². The van der Waals surface area contributed by atoms with Crippen LogP contribution < -0.4 is 4.90 Å². The summed E-state index contributed by atoms with van der Waals surface area (Å²) in [6, 6.07) is 8.54. The molecular formula is C15H19ClN4. The van der Waals surface area contributed by atoms with E-state index in [1.807, 2.05) is 18.2 Å². The molecule has 0 amide bonds. The Balaban J connectivity index is 1.99. The van der Waals surface area contributed by atoms with Crippen LogP contribution in [0.3, 0.4) is 0 Å². The molecule has 1 aromatic heterocycles. The Morgan fingerprint density at radius 3 is 2.75 bits per heavy atom. The first-order valence-electron chi connectivity index (χ1n) is 6.99. The van der Waals surface area contributed by atoms with Crippen molar-refractivity contribution in [1.29, 1.82) is 0 Å². The molecule has 3 rings (SSSR count). The molecule has 0 bridgehead atoms. The second-order valence-electron chi connectivity index (χ2n) is 5.53. The van der Waals surface area contributed by atoms with Gasteiger partial charge in [-0.2, -0.15) is 0 Å². The molecule has 2 aromatic rings. The number of aromatic nitrogens is 2. The highest BCUT2D eigenvalue weighted by molar-refractivity contribution is 6.34. The van der Waals surface area contributed by atoms with Gasteiger partial charge in [0.15, 0.2) is 11.0 Å². The summed E-state index contributed by atoms with van der Waals surface area (Å²) >= 11 is 6.14. The summed E-state index contributed by atoms with van der Waals surface area (Å²) in [5.41, 5.74) is 0. The van der Waals surface area contributed by atoms with Gasteiger partial charge in [0.1, 0.15) is 0 Å². The lowest BCUT2D eigenvalue weighted by Gasteiger charge is -2.36. The van der Waals surface area contributed by atoms with E-state index >= 15 is 0 Å². The van der Waals surface area contributed by atoms with Crippen LogP contribution in [0.15, 0.2) is 24.3 Å². The van der Waals surface area contributed by atoms with Crippen LogP contribution in [0.1, 0.15) is 12.8 Å². The van der Waals surface area contributed by atoms with Gasteiger partial charge in [-0.15, -0.1) is 10.2 Å². The molecule has 0 radical (unpaired) electrons. The van der Waals surface area contributed by atoms with Crippen molar-refractivity contribution in [3.05, 3.63) is 29.4 Å². The van der Waals surface area contributed by atoms with Crippen molar-refractivity contribution < 1.29 is 0 Å². The largest absolute Gasteiger partial charge is 0.353 e. The van der Waals surface area contributed by atoms with Crippen molar-refractivity contribution in [3.63, 3.8) is 0 Å². The van der Waals surface area contributed by atoms with Gasteiger partial charge < -0.3 is 9.80 Å². The zero-order valence-corrected chi connectivity index (χ0v) is 12.6. The first-order valence-corrected chi connectivity index (χ1v) is 7.37. The van der Waals surface area contributed by atoms with Gasteiger partial charge in [0.2, 0.25) is 0 Å². The maximum absolute atomic E-state index is 6.14. The van der Waals surface area contributed by atoms with E-state index in [1.165, 1.54) is 19.4 Å². The fourth-order valence-corrected chi connectivity index (χ4v) is 3.15. The first kappa shape index (κ1) is 13.6. The van der Waals surface area contributed by atoms with E-state index < -0.39 is 0 Å². The molecular weight excluding hydrogens is 272 g/mol. The highest BCUT2D eigenvalue weighted by Crippen LogP contribution is 2.29. The van der Waals surface area contributed by atoms with Gasteiger partial charge in [-0.3, -0.25) is 0 Å². The first-order chi connectivity index (χ1) is 9.66. The van der Waals surface area contributed by atoms with Crippen molar-refractivity contribution in [1.82, 2.24) is 15.1 Å². The number of benzene rings is 1. The van der Waals surface area contributed by atoms with Crippen LogP contribution >= 0.6 is 11.6 Å². The van der Waals surface area contributed by atoms with E-state index in [9.17, 15) is 0 Å². The molecule has 2 heterocycles. The number of halogens is 1. The van der Waals surface area contributed by atoms with E-state index in [1.54, 1.807) is 0 Å². The summed E-state index contributed by atoms with van der Waals surface area (Å²) in [6.45, 7) is 2.24. The molecule has 1 aliphatic heterocycles. The Morgan fingerprint density at radius 2 is 2.00 bits per heavy atom. The number of nitrogens with zero attached hydrogens (tertiary/aromatic N) is 4. The maximum Gasteiger partial charge on any atom is 0.159 e. The molecule has 0 N–H and O–H groups in total. The van der Waals surface area contributed by atoms with Gasteiger partial charge in [0.05, 0.1) is 0 Å². The Hall–Kier alpha value is -1.39. The third kappa shape index (κ3) is 2.45. The second kappa shape index (κ2) is 5.54. The van der Waals surface area contributed by atoms with E-state index in [4.69, 9.17) is 11.6 Å². The van der Waals surface area contributed by atoms with Gasteiger partial charge in [0.25, 0.3) is 0 Å². The molecule has 0 spiro atoms. The normalized spacial score (nSPS) is 20.2. The minimum Gasteiger partial charge on any atom is -0.353 e. The highest BCUT2D eigenvalue weighted by atomic mass is 35.5. The lowest BCUT2D eigenvalue weighted by Crippen LogP contribution is -2.45. The quantitative estimate of drug-likeness (QED) is 0.851. The number of hydrogen-bond acceptors (Lipinski definition) is 4.